The molecule has 5 heteroatoms. The summed E-state index contributed by atoms with van der Waals surface area (Å²) in [7, 11) is -2.97. The molecule has 1 fully saturated rings. The van der Waals surface area contributed by atoms with Gasteiger partial charge in [-0.15, -0.1) is 0 Å². The van der Waals surface area contributed by atoms with Gasteiger partial charge in [0.05, 0.1) is 11.5 Å². The lowest BCUT2D eigenvalue weighted by Gasteiger charge is -2.28. The molecule has 19 heavy (non-hydrogen) atoms. The Hall–Kier alpha value is -1.36. The van der Waals surface area contributed by atoms with E-state index in [-0.39, 0.29) is 23.5 Å². The first-order valence-corrected chi connectivity index (χ1v) is 8.38. The number of carbonyl (C=O) groups excluding carboxylic acids is 1. The van der Waals surface area contributed by atoms with E-state index in [1.165, 1.54) is 0 Å². The molecule has 0 N–H and O–H groups in total. The molecule has 1 amide bonds. The molecule has 1 atom stereocenters. The molecule has 0 aromatic heterocycles. The van der Waals surface area contributed by atoms with Crippen molar-refractivity contribution in [1.82, 2.24) is 4.90 Å². The van der Waals surface area contributed by atoms with Crippen molar-refractivity contribution in [3.8, 4) is 0 Å². The summed E-state index contributed by atoms with van der Waals surface area (Å²) in [6.07, 6.45) is 0.963. The molecule has 1 aromatic carbocycles. The van der Waals surface area contributed by atoms with E-state index in [1.807, 2.05) is 37.3 Å². The van der Waals surface area contributed by atoms with Gasteiger partial charge in [-0.05, 0) is 12.0 Å². The average Bonchev–Trinajstić information content (AvgIpc) is 2.76. The summed E-state index contributed by atoms with van der Waals surface area (Å²) in [5.41, 5.74) is 1.04. The van der Waals surface area contributed by atoms with E-state index in [1.54, 1.807) is 4.90 Å². The van der Waals surface area contributed by atoms with Gasteiger partial charge in [-0.1, -0.05) is 37.3 Å². The zero-order chi connectivity index (χ0) is 13.9. The van der Waals surface area contributed by atoms with Gasteiger partial charge in [-0.25, -0.2) is 8.42 Å². The van der Waals surface area contributed by atoms with Gasteiger partial charge in [0.2, 0.25) is 5.91 Å². The molecule has 1 aliphatic heterocycles. The van der Waals surface area contributed by atoms with Gasteiger partial charge in [-0.3, -0.25) is 4.79 Å². The maximum atomic E-state index is 12.0. The first kappa shape index (κ1) is 14.1. The second-order valence-corrected chi connectivity index (χ2v) is 7.15. The number of sulfone groups is 1. The van der Waals surface area contributed by atoms with Gasteiger partial charge >= 0.3 is 0 Å². The molecule has 1 aliphatic rings. The van der Waals surface area contributed by atoms with Crippen molar-refractivity contribution >= 4 is 15.7 Å². The SMILES string of the molecule is CCC(=O)N(Cc1ccccc1)C1CCS(=O)(=O)C1. The van der Waals surface area contributed by atoms with Gasteiger partial charge in [-0.2, -0.15) is 0 Å². The summed E-state index contributed by atoms with van der Waals surface area (Å²) in [6, 6.07) is 9.52. The van der Waals surface area contributed by atoms with Crippen LogP contribution in [0.15, 0.2) is 30.3 Å². The summed E-state index contributed by atoms with van der Waals surface area (Å²) in [5, 5.41) is 0. The van der Waals surface area contributed by atoms with E-state index in [9.17, 15) is 13.2 Å². The van der Waals surface area contributed by atoms with Crippen LogP contribution in [-0.4, -0.2) is 36.8 Å². The summed E-state index contributed by atoms with van der Waals surface area (Å²) in [6.45, 7) is 2.30. The monoisotopic (exact) mass is 281 g/mol. The topological polar surface area (TPSA) is 54.5 Å². The van der Waals surface area contributed by atoms with Crippen LogP contribution in [0.5, 0.6) is 0 Å². The standard InChI is InChI=1S/C14H19NO3S/c1-2-14(16)15(10-12-6-4-3-5-7-12)13-8-9-19(17,18)11-13/h3-7,13H,2,8-11H2,1H3. The van der Waals surface area contributed by atoms with Gasteiger partial charge in [0, 0.05) is 19.0 Å². The average molecular weight is 281 g/mol. The second-order valence-electron chi connectivity index (χ2n) is 4.92. The molecule has 0 spiro atoms. The fourth-order valence-corrected chi connectivity index (χ4v) is 4.16. The molecule has 0 radical (unpaired) electrons. The molecule has 0 bridgehead atoms. The van der Waals surface area contributed by atoms with Crippen LogP contribution in [0.25, 0.3) is 0 Å². The molecule has 1 unspecified atom stereocenters. The fraction of sp³-hybridized carbons (Fsp3) is 0.500. The van der Waals surface area contributed by atoms with E-state index in [2.05, 4.69) is 0 Å². The second kappa shape index (κ2) is 5.74. The van der Waals surface area contributed by atoms with Crippen LogP contribution >= 0.6 is 0 Å². The highest BCUT2D eigenvalue weighted by molar-refractivity contribution is 7.91. The van der Waals surface area contributed by atoms with Crippen LogP contribution in [0, 0.1) is 0 Å². The van der Waals surface area contributed by atoms with E-state index in [4.69, 9.17) is 0 Å². The Morgan fingerprint density at radius 3 is 2.53 bits per heavy atom. The Morgan fingerprint density at radius 2 is 2.00 bits per heavy atom. The minimum Gasteiger partial charge on any atom is -0.334 e. The highest BCUT2D eigenvalue weighted by atomic mass is 32.2. The minimum absolute atomic E-state index is 0.0194. The van der Waals surface area contributed by atoms with E-state index in [0.717, 1.165) is 5.56 Å². The maximum Gasteiger partial charge on any atom is 0.222 e. The summed E-state index contributed by atoms with van der Waals surface area (Å²) in [5.74, 6) is 0.317. The predicted octanol–water partition coefficient (Wildman–Crippen LogP) is 1.61. The van der Waals surface area contributed by atoms with E-state index in [0.29, 0.717) is 19.4 Å². The largest absolute Gasteiger partial charge is 0.334 e. The van der Waals surface area contributed by atoms with Crippen LogP contribution < -0.4 is 0 Å². The molecular weight excluding hydrogens is 262 g/mol. The summed E-state index contributed by atoms with van der Waals surface area (Å²) in [4.78, 5) is 13.8. The lowest BCUT2D eigenvalue weighted by Crippen LogP contribution is -2.40. The smallest absolute Gasteiger partial charge is 0.222 e. The third-order valence-electron chi connectivity index (χ3n) is 3.47. The zero-order valence-electron chi connectivity index (χ0n) is 11.1. The number of hydrogen-bond donors (Lipinski definition) is 0. The Balaban J connectivity index is 2.15. The Morgan fingerprint density at radius 1 is 1.32 bits per heavy atom. The molecule has 4 nitrogen and oxygen atoms in total. The van der Waals surface area contributed by atoms with Gasteiger partial charge in [0.15, 0.2) is 9.84 Å². The fourth-order valence-electron chi connectivity index (χ4n) is 2.43. The van der Waals surface area contributed by atoms with Crippen molar-refractivity contribution in [2.45, 2.75) is 32.4 Å². The zero-order valence-corrected chi connectivity index (χ0v) is 11.9. The minimum atomic E-state index is -2.97. The molecular formula is C14H19NO3S. The highest BCUT2D eigenvalue weighted by Crippen LogP contribution is 2.20. The lowest BCUT2D eigenvalue weighted by atomic mass is 10.1. The number of hydrogen-bond acceptors (Lipinski definition) is 3. The number of amides is 1. The summed E-state index contributed by atoms with van der Waals surface area (Å²) < 4.78 is 23.1. The van der Waals surface area contributed by atoms with Crippen molar-refractivity contribution in [3.05, 3.63) is 35.9 Å². The molecule has 1 heterocycles. The Labute approximate surface area is 114 Å². The van der Waals surface area contributed by atoms with Gasteiger partial charge in [0.1, 0.15) is 0 Å². The van der Waals surface area contributed by atoms with Crippen LogP contribution in [0.2, 0.25) is 0 Å². The third kappa shape index (κ3) is 3.56. The van der Waals surface area contributed by atoms with Crippen molar-refractivity contribution in [2.24, 2.45) is 0 Å². The lowest BCUT2D eigenvalue weighted by molar-refractivity contribution is -0.133. The van der Waals surface area contributed by atoms with Gasteiger partial charge in [0.25, 0.3) is 0 Å². The van der Waals surface area contributed by atoms with Crippen molar-refractivity contribution in [2.75, 3.05) is 11.5 Å². The number of benzene rings is 1. The van der Waals surface area contributed by atoms with Crippen LogP contribution in [0.3, 0.4) is 0 Å². The maximum absolute atomic E-state index is 12.0. The first-order chi connectivity index (χ1) is 9.02. The van der Waals surface area contributed by atoms with E-state index >= 15 is 0 Å². The number of nitrogens with zero attached hydrogens (tertiary/aromatic N) is 1. The Kier molecular flexibility index (Phi) is 4.24. The molecule has 1 aromatic rings. The molecule has 0 saturated carbocycles. The van der Waals surface area contributed by atoms with Gasteiger partial charge < -0.3 is 4.90 Å². The van der Waals surface area contributed by atoms with Crippen molar-refractivity contribution in [1.29, 1.82) is 0 Å². The van der Waals surface area contributed by atoms with E-state index < -0.39 is 9.84 Å². The number of carbonyl (C=O) groups is 1. The third-order valence-corrected chi connectivity index (χ3v) is 5.22. The molecule has 0 aliphatic carbocycles. The van der Waals surface area contributed by atoms with Crippen LogP contribution in [-0.2, 0) is 21.2 Å². The van der Waals surface area contributed by atoms with Crippen LogP contribution in [0.4, 0.5) is 0 Å². The van der Waals surface area contributed by atoms with Crippen molar-refractivity contribution < 1.29 is 13.2 Å². The molecule has 104 valence electrons. The number of rotatable bonds is 4. The predicted molar refractivity (Wildman–Crippen MR) is 74.3 cm³/mol. The highest BCUT2D eigenvalue weighted by Gasteiger charge is 2.34. The molecule has 1 saturated heterocycles. The van der Waals surface area contributed by atoms with Crippen molar-refractivity contribution in [3.63, 3.8) is 0 Å². The first-order valence-electron chi connectivity index (χ1n) is 6.55. The quantitative estimate of drug-likeness (QED) is 0.842. The molecule has 2 rings (SSSR count). The van der Waals surface area contributed by atoms with Crippen LogP contribution in [0.1, 0.15) is 25.3 Å². The summed E-state index contributed by atoms with van der Waals surface area (Å²) >= 11 is 0. The Bertz CT molecular complexity index is 539. The normalized spacial score (nSPS) is 21.2.